The van der Waals surface area contributed by atoms with E-state index >= 15 is 0 Å². The zero-order valence-electron chi connectivity index (χ0n) is 13.9. The van der Waals surface area contributed by atoms with E-state index in [0.29, 0.717) is 11.6 Å². The molecule has 0 spiro atoms. The number of rotatable bonds is 3. The summed E-state index contributed by atoms with van der Waals surface area (Å²) in [6.45, 7) is 4.51. The number of imidazole rings is 1. The van der Waals surface area contributed by atoms with E-state index in [1.807, 2.05) is 0 Å². The summed E-state index contributed by atoms with van der Waals surface area (Å²) in [4.78, 5) is 18.8. The smallest absolute Gasteiger partial charge is 0.222 e. The number of hydrogen-bond acceptors (Lipinski definition) is 7. The van der Waals surface area contributed by atoms with E-state index in [1.54, 1.807) is 0 Å². The Bertz CT molecular complexity index is 717. The van der Waals surface area contributed by atoms with Crippen molar-refractivity contribution in [2.45, 2.75) is 37.5 Å². The van der Waals surface area contributed by atoms with Gasteiger partial charge >= 0.3 is 0 Å². The van der Waals surface area contributed by atoms with Crippen LogP contribution in [0.4, 0.5) is 11.9 Å². The largest absolute Gasteiger partial charge is 0.379 e. The number of H-pyrrole nitrogens is 1. The van der Waals surface area contributed by atoms with Crippen molar-refractivity contribution in [2.75, 3.05) is 44.3 Å². The van der Waals surface area contributed by atoms with Gasteiger partial charge in [0.15, 0.2) is 11.6 Å². The Morgan fingerprint density at radius 2 is 1.79 bits per heavy atom. The lowest BCUT2D eigenvalue weighted by molar-refractivity contribution is 0.0220. The van der Waals surface area contributed by atoms with Crippen LogP contribution in [0.25, 0.3) is 11.2 Å². The summed E-state index contributed by atoms with van der Waals surface area (Å²) in [5, 5.41) is 0. The molecule has 1 aliphatic carbocycles. The first-order chi connectivity index (χ1) is 11.7. The Hall–Kier alpha value is -1.93. The minimum Gasteiger partial charge on any atom is -0.379 e. The topological polar surface area (TPSA) is 119 Å². The molecule has 0 atom stereocenters. The maximum Gasteiger partial charge on any atom is 0.222 e. The Morgan fingerprint density at radius 3 is 2.54 bits per heavy atom. The van der Waals surface area contributed by atoms with Crippen molar-refractivity contribution < 1.29 is 4.74 Å². The fraction of sp³-hybridized carbons (Fsp3) is 0.688. The number of nitrogens with zero attached hydrogens (tertiary/aromatic N) is 4. The van der Waals surface area contributed by atoms with Crippen molar-refractivity contribution in [3.05, 3.63) is 5.69 Å². The van der Waals surface area contributed by atoms with Crippen LogP contribution in [0.5, 0.6) is 0 Å². The molecule has 8 nitrogen and oxygen atoms in total. The summed E-state index contributed by atoms with van der Waals surface area (Å²) in [6.07, 6.45) is 5.90. The van der Waals surface area contributed by atoms with Crippen molar-refractivity contribution in [1.29, 1.82) is 0 Å². The Balaban J connectivity index is 1.78. The molecule has 0 radical (unpaired) electrons. The van der Waals surface area contributed by atoms with Crippen molar-refractivity contribution >= 4 is 23.1 Å². The molecule has 0 aromatic carbocycles. The number of aromatic amines is 1. The third-order valence-electron chi connectivity index (χ3n) is 5.33. The molecule has 24 heavy (non-hydrogen) atoms. The maximum atomic E-state index is 5.98. The minimum absolute atomic E-state index is 0.0239. The van der Waals surface area contributed by atoms with Crippen LogP contribution in [0.1, 0.15) is 37.8 Å². The van der Waals surface area contributed by atoms with E-state index in [4.69, 9.17) is 16.2 Å². The van der Waals surface area contributed by atoms with Crippen LogP contribution in [-0.4, -0.2) is 57.7 Å². The predicted molar refractivity (Wildman–Crippen MR) is 92.5 cm³/mol. The van der Waals surface area contributed by atoms with Crippen LogP contribution >= 0.6 is 0 Å². The number of anilines is 2. The van der Waals surface area contributed by atoms with Crippen molar-refractivity contribution in [3.8, 4) is 0 Å². The molecular formula is C16H25N7O. The summed E-state index contributed by atoms with van der Waals surface area (Å²) in [7, 11) is 0. The molecule has 3 heterocycles. The normalized spacial score (nSPS) is 22.0. The van der Waals surface area contributed by atoms with Crippen LogP contribution in [0.2, 0.25) is 0 Å². The van der Waals surface area contributed by atoms with Gasteiger partial charge in [0.25, 0.3) is 0 Å². The van der Waals surface area contributed by atoms with Gasteiger partial charge in [0.05, 0.1) is 18.9 Å². The van der Waals surface area contributed by atoms with Gasteiger partial charge in [-0.25, -0.2) is 4.98 Å². The van der Waals surface area contributed by atoms with Gasteiger partial charge in [-0.05, 0) is 12.8 Å². The summed E-state index contributed by atoms with van der Waals surface area (Å²) in [5.41, 5.74) is 14.2. The summed E-state index contributed by atoms with van der Waals surface area (Å²) in [5.74, 6) is 0.638. The third-order valence-corrected chi connectivity index (χ3v) is 5.33. The van der Waals surface area contributed by atoms with Gasteiger partial charge in [-0.2, -0.15) is 9.97 Å². The highest BCUT2D eigenvalue weighted by Gasteiger charge is 2.39. The number of nitrogens with one attached hydrogen (secondary N) is 1. The van der Waals surface area contributed by atoms with Gasteiger partial charge in [-0.15, -0.1) is 0 Å². The monoisotopic (exact) mass is 331 g/mol. The first kappa shape index (κ1) is 15.6. The standard InChI is InChI=1S/C16H25N7O/c17-14-19-11-12(20-15(18)22-13(11)21-14)16(4-2-1-3-5-16)10-23-6-8-24-9-7-23/h1-10H2,(H5,17,18,19,20,21,22). The van der Waals surface area contributed by atoms with Crippen LogP contribution in [-0.2, 0) is 10.2 Å². The van der Waals surface area contributed by atoms with Gasteiger partial charge in [0, 0.05) is 25.0 Å². The summed E-state index contributed by atoms with van der Waals surface area (Å²) in [6, 6.07) is 0. The summed E-state index contributed by atoms with van der Waals surface area (Å²) < 4.78 is 5.50. The van der Waals surface area contributed by atoms with E-state index in [9.17, 15) is 0 Å². The number of ether oxygens (including phenoxy) is 1. The van der Waals surface area contributed by atoms with Gasteiger partial charge in [-0.3, -0.25) is 4.90 Å². The van der Waals surface area contributed by atoms with Gasteiger partial charge in [0.1, 0.15) is 5.52 Å². The van der Waals surface area contributed by atoms with E-state index in [0.717, 1.165) is 56.9 Å². The fourth-order valence-corrected chi connectivity index (χ4v) is 4.20. The van der Waals surface area contributed by atoms with Gasteiger partial charge in [0.2, 0.25) is 5.95 Å². The molecule has 2 aromatic heterocycles. The number of nitrogen functional groups attached to an aromatic ring is 2. The molecule has 1 saturated carbocycles. The molecule has 1 aliphatic heterocycles. The Morgan fingerprint density at radius 1 is 1.04 bits per heavy atom. The fourth-order valence-electron chi connectivity index (χ4n) is 4.20. The molecule has 0 unspecified atom stereocenters. The average Bonchev–Trinajstić information content (AvgIpc) is 2.95. The number of hydrogen-bond donors (Lipinski definition) is 3. The van der Waals surface area contributed by atoms with E-state index < -0.39 is 0 Å². The number of nitrogens with two attached hydrogens (primary N) is 2. The minimum atomic E-state index is -0.0239. The lowest BCUT2D eigenvalue weighted by atomic mass is 9.71. The van der Waals surface area contributed by atoms with Gasteiger partial charge < -0.3 is 21.2 Å². The van der Waals surface area contributed by atoms with Gasteiger partial charge in [-0.1, -0.05) is 19.3 Å². The second-order valence-electron chi connectivity index (χ2n) is 6.98. The van der Waals surface area contributed by atoms with E-state index in [-0.39, 0.29) is 11.4 Å². The molecule has 8 heteroatoms. The molecule has 1 saturated heterocycles. The molecule has 4 rings (SSSR count). The van der Waals surface area contributed by atoms with E-state index in [2.05, 4.69) is 24.8 Å². The quantitative estimate of drug-likeness (QED) is 0.769. The molecule has 2 aliphatic rings. The first-order valence-corrected chi connectivity index (χ1v) is 8.76. The molecular weight excluding hydrogens is 306 g/mol. The second kappa shape index (κ2) is 6.18. The summed E-state index contributed by atoms with van der Waals surface area (Å²) >= 11 is 0. The van der Waals surface area contributed by atoms with Crippen molar-refractivity contribution in [1.82, 2.24) is 24.8 Å². The van der Waals surface area contributed by atoms with Crippen LogP contribution < -0.4 is 11.5 Å². The molecule has 2 aromatic rings. The SMILES string of the molecule is Nc1nc(C2(CN3CCOCC3)CCCCC2)c2[nH]c(N)nc2n1. The molecule has 2 fully saturated rings. The maximum absolute atomic E-state index is 5.98. The first-order valence-electron chi connectivity index (χ1n) is 8.76. The van der Waals surface area contributed by atoms with Crippen molar-refractivity contribution in [2.24, 2.45) is 0 Å². The molecule has 0 bridgehead atoms. The average molecular weight is 331 g/mol. The number of morpholine rings is 1. The van der Waals surface area contributed by atoms with Crippen LogP contribution in [0.15, 0.2) is 0 Å². The molecule has 5 N–H and O–H groups in total. The third kappa shape index (κ3) is 2.80. The highest BCUT2D eigenvalue weighted by molar-refractivity contribution is 5.77. The lowest BCUT2D eigenvalue weighted by Gasteiger charge is -2.41. The van der Waals surface area contributed by atoms with Crippen molar-refractivity contribution in [3.63, 3.8) is 0 Å². The van der Waals surface area contributed by atoms with Crippen LogP contribution in [0.3, 0.4) is 0 Å². The number of fused-ring (bicyclic) bond motifs is 1. The Labute approximate surface area is 141 Å². The zero-order valence-corrected chi connectivity index (χ0v) is 13.9. The predicted octanol–water partition coefficient (Wildman–Crippen LogP) is 1.05. The second-order valence-corrected chi connectivity index (χ2v) is 6.98. The molecule has 0 amide bonds. The highest BCUT2D eigenvalue weighted by Crippen LogP contribution is 2.41. The number of aromatic nitrogens is 4. The zero-order chi connectivity index (χ0) is 16.6. The highest BCUT2D eigenvalue weighted by atomic mass is 16.5. The Kier molecular flexibility index (Phi) is 4.01. The molecule has 130 valence electrons. The van der Waals surface area contributed by atoms with Crippen LogP contribution in [0, 0.1) is 0 Å². The van der Waals surface area contributed by atoms with E-state index in [1.165, 1.54) is 19.3 Å². The lowest BCUT2D eigenvalue weighted by Crippen LogP contribution is -2.47.